The van der Waals surface area contributed by atoms with E-state index >= 15 is 0 Å². The first-order valence-corrected chi connectivity index (χ1v) is 12.3. The molecule has 7 nitrogen and oxygen atoms in total. The first-order chi connectivity index (χ1) is 13.2. The zero-order valence-electron chi connectivity index (χ0n) is 16.8. The Balaban J connectivity index is 1.34. The molecule has 0 aromatic rings. The molecule has 4 bridgehead atoms. The Bertz CT molecular complexity index is 695. The summed E-state index contributed by atoms with van der Waals surface area (Å²) in [7, 11) is -3.88. The van der Waals surface area contributed by atoms with Gasteiger partial charge in [-0.15, -0.1) is 0 Å². The maximum Gasteiger partial charge on any atom is 0.264 e. The fourth-order valence-corrected chi connectivity index (χ4v) is 7.38. The van der Waals surface area contributed by atoms with E-state index in [2.05, 4.69) is 10.6 Å². The van der Waals surface area contributed by atoms with Crippen molar-refractivity contribution in [2.45, 2.75) is 76.0 Å². The van der Waals surface area contributed by atoms with Gasteiger partial charge in [0, 0.05) is 12.1 Å². The SMILES string of the molecule is CC(=O)C1CC(OCC23CC4CC(C2)CC(NCCCS(=O)(=O)O)(C4)C3)CN1. The van der Waals surface area contributed by atoms with Gasteiger partial charge in [0.2, 0.25) is 0 Å². The van der Waals surface area contributed by atoms with E-state index in [-0.39, 0.29) is 34.6 Å². The Kier molecular flexibility index (Phi) is 5.64. The minimum absolute atomic E-state index is 0.0582. The molecule has 1 heterocycles. The Morgan fingerprint density at radius 1 is 1.21 bits per heavy atom. The standard InChI is InChI=1S/C20H34N2O5S/c1-14(23)18-6-17(11-21-18)27-13-19-7-15-5-16(8-19)10-20(9-15,12-19)22-3-2-4-28(24,25)26/h15-18,21-22H,2-13H2,1H3,(H,24,25,26). The van der Waals surface area contributed by atoms with Gasteiger partial charge in [-0.1, -0.05) is 0 Å². The highest BCUT2D eigenvalue weighted by atomic mass is 32.2. The zero-order valence-corrected chi connectivity index (χ0v) is 17.6. The molecule has 0 aromatic heterocycles. The quantitative estimate of drug-likeness (QED) is 0.388. The molecular formula is C20H34N2O5S. The summed E-state index contributed by atoms with van der Waals surface area (Å²) >= 11 is 0. The van der Waals surface area contributed by atoms with Gasteiger partial charge in [0.1, 0.15) is 5.78 Å². The summed E-state index contributed by atoms with van der Waals surface area (Å²) < 4.78 is 37.2. The summed E-state index contributed by atoms with van der Waals surface area (Å²) in [5, 5.41) is 6.95. The minimum atomic E-state index is -3.88. The molecule has 5 aliphatic rings. The smallest absolute Gasteiger partial charge is 0.264 e. The number of hydrogen-bond donors (Lipinski definition) is 3. The lowest BCUT2D eigenvalue weighted by atomic mass is 9.47. The van der Waals surface area contributed by atoms with Gasteiger partial charge in [0.15, 0.2) is 0 Å². The van der Waals surface area contributed by atoms with Crippen molar-refractivity contribution >= 4 is 15.9 Å². The summed E-state index contributed by atoms with van der Waals surface area (Å²) in [6, 6.07) is -0.0582. The van der Waals surface area contributed by atoms with Crippen LogP contribution < -0.4 is 10.6 Å². The van der Waals surface area contributed by atoms with Crippen molar-refractivity contribution in [1.29, 1.82) is 0 Å². The van der Waals surface area contributed by atoms with Crippen molar-refractivity contribution in [3.8, 4) is 0 Å². The number of carbonyl (C=O) groups is 1. The van der Waals surface area contributed by atoms with Crippen molar-refractivity contribution in [2.24, 2.45) is 17.3 Å². The van der Waals surface area contributed by atoms with Gasteiger partial charge in [0.25, 0.3) is 10.1 Å². The summed E-state index contributed by atoms with van der Waals surface area (Å²) in [6.07, 6.45) is 8.56. The maximum atomic E-state index is 11.6. The highest BCUT2D eigenvalue weighted by molar-refractivity contribution is 7.85. The second-order valence-electron chi connectivity index (χ2n) is 10.0. The monoisotopic (exact) mass is 414 g/mol. The number of carbonyl (C=O) groups excluding carboxylic acids is 1. The first kappa shape index (κ1) is 20.7. The molecule has 0 amide bonds. The van der Waals surface area contributed by atoms with Crippen LogP contribution in [0.3, 0.4) is 0 Å². The summed E-state index contributed by atoms with van der Waals surface area (Å²) in [5.41, 5.74) is 0.316. The molecule has 5 rings (SSSR count). The van der Waals surface area contributed by atoms with Crippen LogP contribution in [-0.4, -0.2) is 61.9 Å². The average molecular weight is 415 g/mol. The fraction of sp³-hybridized carbons (Fsp3) is 0.950. The van der Waals surface area contributed by atoms with Gasteiger partial charge in [-0.25, -0.2) is 0 Å². The lowest BCUT2D eigenvalue weighted by molar-refractivity contribution is -0.127. The van der Waals surface area contributed by atoms with Gasteiger partial charge >= 0.3 is 0 Å². The van der Waals surface area contributed by atoms with Crippen molar-refractivity contribution in [2.75, 3.05) is 25.4 Å². The lowest BCUT2D eigenvalue weighted by Gasteiger charge is -2.62. The molecule has 0 aromatic carbocycles. The van der Waals surface area contributed by atoms with Gasteiger partial charge in [-0.3, -0.25) is 9.35 Å². The van der Waals surface area contributed by atoms with E-state index in [9.17, 15) is 13.2 Å². The Labute approximate surface area is 168 Å². The van der Waals surface area contributed by atoms with Crippen LogP contribution in [0, 0.1) is 17.3 Å². The minimum Gasteiger partial charge on any atom is -0.376 e. The van der Waals surface area contributed by atoms with Crippen LogP contribution in [-0.2, 0) is 19.6 Å². The summed E-state index contributed by atoms with van der Waals surface area (Å²) in [4.78, 5) is 11.6. The van der Waals surface area contributed by atoms with Crippen LogP contribution in [0.1, 0.15) is 58.3 Å². The molecule has 4 atom stereocenters. The van der Waals surface area contributed by atoms with E-state index in [0.29, 0.717) is 13.0 Å². The third-order valence-corrected chi connectivity index (χ3v) is 8.27. The molecule has 8 heteroatoms. The normalized spacial score (nSPS) is 42.2. The van der Waals surface area contributed by atoms with Crippen molar-refractivity contribution < 1.29 is 22.5 Å². The number of hydrogen-bond acceptors (Lipinski definition) is 6. The Morgan fingerprint density at radius 3 is 2.54 bits per heavy atom. The molecule has 3 N–H and O–H groups in total. The highest BCUT2D eigenvalue weighted by Gasteiger charge is 2.57. The molecule has 4 aliphatic carbocycles. The molecule has 160 valence electrons. The number of ether oxygens (including phenoxy) is 1. The number of nitrogens with one attached hydrogen (secondary N) is 2. The summed E-state index contributed by atoms with van der Waals surface area (Å²) in [5.74, 6) is 1.47. The van der Waals surface area contributed by atoms with E-state index in [1.807, 2.05) is 0 Å². The summed E-state index contributed by atoms with van der Waals surface area (Å²) in [6.45, 7) is 3.79. The number of rotatable bonds is 9. The average Bonchev–Trinajstić information content (AvgIpc) is 3.05. The topological polar surface area (TPSA) is 105 Å². The third kappa shape index (κ3) is 4.61. The van der Waals surface area contributed by atoms with Gasteiger partial charge < -0.3 is 15.4 Å². The molecule has 0 radical (unpaired) electrons. The van der Waals surface area contributed by atoms with Crippen molar-refractivity contribution in [3.05, 3.63) is 0 Å². The Hall–Kier alpha value is -0.540. The predicted molar refractivity (Wildman–Crippen MR) is 106 cm³/mol. The molecular weight excluding hydrogens is 380 g/mol. The lowest BCUT2D eigenvalue weighted by Crippen LogP contribution is -2.63. The molecule has 0 spiro atoms. The van der Waals surface area contributed by atoms with Crippen LogP contribution in [0.15, 0.2) is 0 Å². The van der Waals surface area contributed by atoms with Gasteiger partial charge in [0.05, 0.1) is 24.5 Å². The number of ketones is 1. The second kappa shape index (κ2) is 7.61. The highest BCUT2D eigenvalue weighted by Crippen LogP contribution is 2.61. The van der Waals surface area contributed by atoms with Crippen LogP contribution in [0.2, 0.25) is 0 Å². The van der Waals surface area contributed by atoms with E-state index < -0.39 is 10.1 Å². The first-order valence-electron chi connectivity index (χ1n) is 10.7. The molecule has 5 fully saturated rings. The predicted octanol–water partition coefficient (Wildman–Crippen LogP) is 1.53. The van der Waals surface area contributed by atoms with Crippen molar-refractivity contribution in [1.82, 2.24) is 10.6 Å². The van der Waals surface area contributed by atoms with E-state index in [1.165, 1.54) is 32.1 Å². The van der Waals surface area contributed by atoms with Crippen LogP contribution in [0.5, 0.6) is 0 Å². The zero-order chi connectivity index (χ0) is 20.0. The molecule has 1 aliphatic heterocycles. The molecule has 4 saturated carbocycles. The van der Waals surface area contributed by atoms with E-state index in [0.717, 1.165) is 37.8 Å². The van der Waals surface area contributed by atoms with Crippen LogP contribution >= 0.6 is 0 Å². The van der Waals surface area contributed by atoms with Gasteiger partial charge in [-0.05, 0) is 82.1 Å². The second-order valence-corrected chi connectivity index (χ2v) is 11.6. The third-order valence-electron chi connectivity index (χ3n) is 7.47. The van der Waals surface area contributed by atoms with E-state index in [1.54, 1.807) is 6.92 Å². The Morgan fingerprint density at radius 2 is 1.93 bits per heavy atom. The number of Topliss-reactive ketones (excluding diaryl/α,β-unsaturated/α-hetero) is 1. The molecule has 1 saturated heterocycles. The maximum absolute atomic E-state index is 11.6. The van der Waals surface area contributed by atoms with Gasteiger partial charge in [-0.2, -0.15) is 8.42 Å². The largest absolute Gasteiger partial charge is 0.376 e. The van der Waals surface area contributed by atoms with E-state index in [4.69, 9.17) is 9.29 Å². The van der Waals surface area contributed by atoms with Crippen molar-refractivity contribution in [3.63, 3.8) is 0 Å². The molecule has 4 unspecified atom stereocenters. The van der Waals surface area contributed by atoms with Crippen LogP contribution in [0.25, 0.3) is 0 Å². The molecule has 28 heavy (non-hydrogen) atoms. The van der Waals surface area contributed by atoms with Crippen LogP contribution in [0.4, 0.5) is 0 Å². The fourth-order valence-electron chi connectivity index (χ4n) is 6.87.